The van der Waals surface area contributed by atoms with Gasteiger partial charge in [0.2, 0.25) is 5.91 Å². The number of carbonyl (C=O) groups excluding carboxylic acids is 1. The van der Waals surface area contributed by atoms with Gasteiger partial charge in [0.15, 0.2) is 0 Å². The molecule has 0 saturated heterocycles. The lowest BCUT2D eigenvalue weighted by Crippen LogP contribution is -2.26. The van der Waals surface area contributed by atoms with Gasteiger partial charge in [-0.05, 0) is 25.0 Å². The molecule has 126 valence electrons. The summed E-state index contributed by atoms with van der Waals surface area (Å²) < 4.78 is 7.12. The highest BCUT2D eigenvalue weighted by Crippen LogP contribution is 2.31. The zero-order chi connectivity index (χ0) is 17.1. The number of nitrogens with zero attached hydrogens (tertiary/aromatic N) is 2. The molecule has 6 nitrogen and oxygen atoms in total. The molecule has 3 aromatic rings. The van der Waals surface area contributed by atoms with Crippen molar-refractivity contribution in [3.63, 3.8) is 0 Å². The largest absolute Gasteiger partial charge is 0.464 e. The van der Waals surface area contributed by atoms with Crippen LogP contribution in [0.25, 0.3) is 21.5 Å². The third-order valence-corrected chi connectivity index (χ3v) is 4.71. The van der Waals surface area contributed by atoms with Gasteiger partial charge in [-0.2, -0.15) is 0 Å². The number of hydrogen-bond donors (Lipinski definition) is 1. The number of rotatable bonds is 7. The first-order valence-electron chi connectivity index (χ1n) is 7.95. The Morgan fingerprint density at radius 2 is 2.29 bits per heavy atom. The van der Waals surface area contributed by atoms with Crippen molar-refractivity contribution in [2.75, 3.05) is 0 Å². The average molecular weight is 345 g/mol. The van der Waals surface area contributed by atoms with Crippen molar-refractivity contribution in [1.29, 1.82) is 0 Å². The smallest absolute Gasteiger partial charge is 0.263 e. The molecule has 1 amide bonds. The predicted octanol–water partition coefficient (Wildman–Crippen LogP) is 2.94. The number of thiophene rings is 1. The molecule has 0 spiro atoms. The van der Waals surface area contributed by atoms with Crippen molar-refractivity contribution < 1.29 is 9.21 Å². The molecular formula is C17H19N3O3S. The Balaban J connectivity index is 2.10. The second-order valence-corrected chi connectivity index (χ2v) is 6.47. The highest BCUT2D eigenvalue weighted by atomic mass is 32.1. The maximum Gasteiger partial charge on any atom is 0.263 e. The zero-order valence-corrected chi connectivity index (χ0v) is 14.3. The predicted molar refractivity (Wildman–Crippen MR) is 94.0 cm³/mol. The first-order chi connectivity index (χ1) is 11.6. The maximum absolute atomic E-state index is 13.0. The molecule has 2 N–H and O–H groups in total. The van der Waals surface area contributed by atoms with Gasteiger partial charge in [-0.15, -0.1) is 11.3 Å². The Morgan fingerprint density at radius 1 is 1.46 bits per heavy atom. The van der Waals surface area contributed by atoms with Crippen molar-refractivity contribution >= 4 is 27.5 Å². The van der Waals surface area contributed by atoms with Crippen LogP contribution in [-0.4, -0.2) is 15.5 Å². The van der Waals surface area contributed by atoms with Gasteiger partial charge in [0, 0.05) is 30.3 Å². The first kappa shape index (κ1) is 16.4. The average Bonchev–Trinajstić information content (AvgIpc) is 3.19. The summed E-state index contributed by atoms with van der Waals surface area (Å²) in [5.41, 5.74) is 5.89. The maximum atomic E-state index is 13.0. The number of primary amides is 1. The van der Waals surface area contributed by atoms with E-state index < -0.39 is 0 Å². The van der Waals surface area contributed by atoms with Crippen LogP contribution < -0.4 is 11.3 Å². The molecule has 24 heavy (non-hydrogen) atoms. The molecule has 0 aliphatic rings. The van der Waals surface area contributed by atoms with Crippen LogP contribution in [0.3, 0.4) is 0 Å². The first-order valence-corrected chi connectivity index (χ1v) is 8.83. The fraction of sp³-hybridized carbons (Fsp3) is 0.353. The Hall–Kier alpha value is -2.41. The fourth-order valence-corrected chi connectivity index (χ4v) is 3.67. The van der Waals surface area contributed by atoms with E-state index in [1.165, 1.54) is 11.3 Å². The van der Waals surface area contributed by atoms with Crippen molar-refractivity contribution in [3.8, 4) is 11.3 Å². The van der Waals surface area contributed by atoms with Crippen molar-refractivity contribution in [1.82, 2.24) is 9.55 Å². The highest BCUT2D eigenvalue weighted by molar-refractivity contribution is 7.17. The van der Waals surface area contributed by atoms with E-state index in [0.29, 0.717) is 24.1 Å². The molecule has 3 heterocycles. The van der Waals surface area contributed by atoms with Gasteiger partial charge >= 0.3 is 0 Å². The molecule has 0 radical (unpaired) electrons. The lowest BCUT2D eigenvalue weighted by atomic mass is 10.2. The third-order valence-electron chi connectivity index (χ3n) is 3.84. The van der Waals surface area contributed by atoms with E-state index >= 15 is 0 Å². The summed E-state index contributed by atoms with van der Waals surface area (Å²) in [6.45, 7) is 2.49. The van der Waals surface area contributed by atoms with Crippen LogP contribution in [0, 0.1) is 0 Å². The molecule has 0 fully saturated rings. The molecule has 0 unspecified atom stereocenters. The van der Waals surface area contributed by atoms with Gasteiger partial charge in [0.25, 0.3) is 5.56 Å². The summed E-state index contributed by atoms with van der Waals surface area (Å²) in [7, 11) is 0. The van der Waals surface area contributed by atoms with E-state index in [9.17, 15) is 9.59 Å². The molecular weight excluding hydrogens is 326 g/mol. The number of furan rings is 1. The SMILES string of the molecule is CCCc1nc2scc(-c3ccco3)c2c(=O)n1CCCC(N)=O. The lowest BCUT2D eigenvalue weighted by Gasteiger charge is -2.11. The van der Waals surface area contributed by atoms with E-state index in [0.717, 1.165) is 29.1 Å². The number of nitrogens with two attached hydrogens (primary N) is 1. The van der Waals surface area contributed by atoms with Gasteiger partial charge in [0.05, 0.1) is 11.6 Å². The highest BCUT2D eigenvalue weighted by Gasteiger charge is 2.18. The molecule has 0 bridgehead atoms. The number of hydrogen-bond acceptors (Lipinski definition) is 5. The lowest BCUT2D eigenvalue weighted by molar-refractivity contribution is -0.118. The van der Waals surface area contributed by atoms with Gasteiger partial charge in [-0.25, -0.2) is 4.98 Å². The van der Waals surface area contributed by atoms with Crippen LogP contribution >= 0.6 is 11.3 Å². The van der Waals surface area contributed by atoms with Crippen molar-refractivity contribution in [2.45, 2.75) is 39.2 Å². The van der Waals surface area contributed by atoms with Crippen LogP contribution in [0.15, 0.2) is 33.0 Å². The molecule has 7 heteroatoms. The van der Waals surface area contributed by atoms with Crippen LogP contribution in [-0.2, 0) is 17.8 Å². The second kappa shape index (κ2) is 7.00. The number of aromatic nitrogens is 2. The summed E-state index contributed by atoms with van der Waals surface area (Å²) in [5.74, 6) is 1.06. The molecule has 3 aromatic heterocycles. The van der Waals surface area contributed by atoms with Crippen LogP contribution in [0.4, 0.5) is 0 Å². The molecule has 0 saturated carbocycles. The Kier molecular flexibility index (Phi) is 4.80. The number of fused-ring (bicyclic) bond motifs is 1. The summed E-state index contributed by atoms with van der Waals surface area (Å²) in [5, 5.41) is 2.48. The second-order valence-electron chi connectivity index (χ2n) is 5.61. The van der Waals surface area contributed by atoms with Gasteiger partial charge in [-0.3, -0.25) is 14.2 Å². The van der Waals surface area contributed by atoms with E-state index in [4.69, 9.17) is 10.2 Å². The van der Waals surface area contributed by atoms with Gasteiger partial charge in [-0.1, -0.05) is 6.92 Å². The fourth-order valence-electron chi connectivity index (χ4n) is 2.74. The minimum Gasteiger partial charge on any atom is -0.464 e. The van der Waals surface area contributed by atoms with Crippen LogP contribution in [0.1, 0.15) is 32.0 Å². The summed E-state index contributed by atoms with van der Waals surface area (Å²) in [4.78, 5) is 29.4. The summed E-state index contributed by atoms with van der Waals surface area (Å²) >= 11 is 1.45. The standard InChI is InChI=1S/C17H19N3O3S/c1-2-5-14-19-16-15(11(10-24-16)12-6-4-9-23-12)17(22)20(14)8-3-7-13(18)21/h4,6,9-10H,2-3,5,7-8H2,1H3,(H2,18,21). The molecule has 0 aliphatic carbocycles. The Morgan fingerprint density at radius 3 is 2.96 bits per heavy atom. The van der Waals surface area contributed by atoms with E-state index in [2.05, 4.69) is 4.98 Å². The van der Waals surface area contributed by atoms with Gasteiger partial charge in [0.1, 0.15) is 16.4 Å². The minimum atomic E-state index is -0.360. The van der Waals surface area contributed by atoms with E-state index in [1.54, 1.807) is 16.9 Å². The Labute approximate surface area is 142 Å². The van der Waals surface area contributed by atoms with Crippen molar-refractivity contribution in [2.24, 2.45) is 5.73 Å². The van der Waals surface area contributed by atoms with Crippen LogP contribution in [0.2, 0.25) is 0 Å². The number of amides is 1. The molecule has 0 atom stereocenters. The number of aryl methyl sites for hydroxylation is 1. The molecule has 0 aromatic carbocycles. The quantitative estimate of drug-likeness (QED) is 0.713. The number of carbonyl (C=O) groups is 1. The minimum absolute atomic E-state index is 0.0828. The topological polar surface area (TPSA) is 91.1 Å². The van der Waals surface area contributed by atoms with Crippen molar-refractivity contribution in [3.05, 3.63) is 40.0 Å². The molecule has 0 aliphatic heterocycles. The third kappa shape index (κ3) is 3.12. The Bertz CT molecular complexity index is 909. The normalized spacial score (nSPS) is 11.2. The van der Waals surface area contributed by atoms with E-state index in [-0.39, 0.29) is 17.9 Å². The van der Waals surface area contributed by atoms with E-state index in [1.807, 2.05) is 18.4 Å². The van der Waals surface area contributed by atoms with Gasteiger partial charge < -0.3 is 10.2 Å². The monoisotopic (exact) mass is 345 g/mol. The zero-order valence-electron chi connectivity index (χ0n) is 13.4. The van der Waals surface area contributed by atoms with Crippen LogP contribution in [0.5, 0.6) is 0 Å². The molecule has 3 rings (SSSR count). The summed E-state index contributed by atoms with van der Waals surface area (Å²) in [6.07, 6.45) is 3.98. The summed E-state index contributed by atoms with van der Waals surface area (Å²) in [6, 6.07) is 3.63.